The van der Waals surface area contributed by atoms with E-state index in [-0.39, 0.29) is 11.3 Å². The Morgan fingerprint density at radius 1 is 1.29 bits per heavy atom. The third kappa shape index (κ3) is 4.40. The first kappa shape index (κ1) is 20.8. The van der Waals surface area contributed by atoms with Crippen LogP contribution in [0.25, 0.3) is 0 Å². The van der Waals surface area contributed by atoms with E-state index in [2.05, 4.69) is 48.9 Å². The summed E-state index contributed by atoms with van der Waals surface area (Å²) in [5.74, 6) is -5.27. The number of nitrogens with zero attached hydrogens (tertiary/aromatic N) is 2. The fraction of sp³-hybridized carbons (Fsp3) is 0.211. The van der Waals surface area contributed by atoms with Crippen molar-refractivity contribution in [1.82, 2.24) is 0 Å². The average Bonchev–Trinajstić information content (AvgIpc) is 2.88. The van der Waals surface area contributed by atoms with Crippen LogP contribution in [0.1, 0.15) is 19.4 Å². The number of anilines is 2. The van der Waals surface area contributed by atoms with E-state index in [1.807, 2.05) is 6.07 Å². The van der Waals surface area contributed by atoms with Crippen LogP contribution in [0.3, 0.4) is 0 Å². The number of benzene rings is 2. The molecule has 5 nitrogen and oxygen atoms in total. The second kappa shape index (κ2) is 7.86. The summed E-state index contributed by atoms with van der Waals surface area (Å²) >= 11 is 5.49. The van der Waals surface area contributed by atoms with Crippen LogP contribution >= 0.6 is 38.5 Å². The molecule has 2 aromatic rings. The SMILES string of the molecule is CC1=NN(c2cc(Br)cc(I)c2)C(=O)C1C(=O)Nc1cccc(C(C)(F)F)c1. The van der Waals surface area contributed by atoms with Gasteiger partial charge in [-0.25, -0.2) is 8.78 Å². The highest BCUT2D eigenvalue weighted by Gasteiger charge is 2.40. The molecule has 1 N–H and O–H groups in total. The molecule has 2 aromatic carbocycles. The summed E-state index contributed by atoms with van der Waals surface area (Å²) in [5, 5.41) is 7.94. The van der Waals surface area contributed by atoms with Crippen LogP contribution in [-0.4, -0.2) is 17.5 Å². The lowest BCUT2D eigenvalue weighted by Gasteiger charge is -2.16. The van der Waals surface area contributed by atoms with E-state index < -0.39 is 23.7 Å². The van der Waals surface area contributed by atoms with Crippen molar-refractivity contribution in [2.24, 2.45) is 11.0 Å². The molecular formula is C19H15BrF2IN3O2. The Kier molecular flexibility index (Phi) is 5.85. The number of carbonyl (C=O) groups is 2. The van der Waals surface area contributed by atoms with Crippen molar-refractivity contribution < 1.29 is 18.4 Å². The van der Waals surface area contributed by atoms with Gasteiger partial charge in [0.05, 0.1) is 11.4 Å². The average molecular weight is 562 g/mol. The normalized spacial score (nSPS) is 16.9. The van der Waals surface area contributed by atoms with Gasteiger partial charge in [-0.2, -0.15) is 10.1 Å². The topological polar surface area (TPSA) is 61.8 Å². The lowest BCUT2D eigenvalue weighted by atomic mass is 10.0. The molecule has 3 rings (SSSR count). The zero-order chi connectivity index (χ0) is 20.6. The number of hydrogen-bond acceptors (Lipinski definition) is 3. The van der Waals surface area contributed by atoms with Crippen LogP contribution in [0.2, 0.25) is 0 Å². The molecule has 1 aliphatic rings. The molecule has 0 fully saturated rings. The van der Waals surface area contributed by atoms with Gasteiger partial charge in [-0.15, -0.1) is 0 Å². The van der Waals surface area contributed by atoms with Crippen molar-refractivity contribution >= 4 is 67.4 Å². The van der Waals surface area contributed by atoms with Crippen LogP contribution < -0.4 is 10.3 Å². The highest BCUT2D eigenvalue weighted by molar-refractivity contribution is 14.1. The standard InChI is InChI=1S/C19H15BrF2IN3O2/c1-10-16(17(27)24-14-5-3-4-11(6-14)19(2,21)22)18(28)26(25-10)15-8-12(20)7-13(23)9-15/h3-9,16H,1-2H3,(H,24,27). The van der Waals surface area contributed by atoms with Crippen molar-refractivity contribution in [1.29, 1.82) is 0 Å². The van der Waals surface area contributed by atoms with Crippen molar-refractivity contribution in [3.8, 4) is 0 Å². The molecule has 0 saturated heterocycles. The highest BCUT2D eigenvalue weighted by Crippen LogP contribution is 2.31. The summed E-state index contributed by atoms with van der Waals surface area (Å²) in [7, 11) is 0. The quantitative estimate of drug-likeness (QED) is 0.415. The van der Waals surface area contributed by atoms with Gasteiger partial charge in [-0.1, -0.05) is 28.1 Å². The lowest BCUT2D eigenvalue weighted by molar-refractivity contribution is -0.127. The number of halogens is 4. The van der Waals surface area contributed by atoms with Gasteiger partial charge in [0.1, 0.15) is 0 Å². The molecule has 28 heavy (non-hydrogen) atoms. The number of hydrogen-bond donors (Lipinski definition) is 1. The summed E-state index contributed by atoms with van der Waals surface area (Å²) in [5.41, 5.74) is 0.833. The first-order valence-electron chi connectivity index (χ1n) is 8.20. The zero-order valence-corrected chi connectivity index (χ0v) is 18.6. The molecule has 1 atom stereocenters. The van der Waals surface area contributed by atoms with E-state index >= 15 is 0 Å². The Bertz CT molecular complexity index is 971. The van der Waals surface area contributed by atoms with E-state index in [1.54, 1.807) is 19.1 Å². The molecule has 0 radical (unpaired) electrons. The maximum atomic E-state index is 13.5. The number of alkyl halides is 2. The van der Waals surface area contributed by atoms with Crippen molar-refractivity contribution in [2.45, 2.75) is 19.8 Å². The molecule has 1 unspecified atom stereocenters. The van der Waals surface area contributed by atoms with Gasteiger partial charge in [0.2, 0.25) is 5.91 Å². The molecule has 0 bridgehead atoms. The van der Waals surface area contributed by atoms with Crippen LogP contribution in [0.15, 0.2) is 52.0 Å². The summed E-state index contributed by atoms with van der Waals surface area (Å²) in [6.45, 7) is 2.37. The molecule has 0 aromatic heterocycles. The van der Waals surface area contributed by atoms with E-state index in [1.165, 1.54) is 29.3 Å². The third-order valence-electron chi connectivity index (χ3n) is 4.12. The van der Waals surface area contributed by atoms with Crippen LogP contribution in [0, 0.1) is 9.49 Å². The molecule has 2 amide bonds. The van der Waals surface area contributed by atoms with Gasteiger partial charge in [0.15, 0.2) is 5.92 Å². The maximum Gasteiger partial charge on any atom is 0.270 e. The number of amides is 2. The number of nitrogens with one attached hydrogen (secondary N) is 1. The predicted octanol–water partition coefficient (Wildman–Crippen LogP) is 5.14. The molecule has 9 heteroatoms. The molecular weight excluding hydrogens is 547 g/mol. The molecule has 1 heterocycles. The predicted molar refractivity (Wildman–Crippen MR) is 116 cm³/mol. The van der Waals surface area contributed by atoms with Gasteiger partial charge in [-0.3, -0.25) is 9.59 Å². The fourth-order valence-electron chi connectivity index (χ4n) is 2.80. The van der Waals surface area contributed by atoms with Gasteiger partial charge in [0.25, 0.3) is 11.8 Å². The summed E-state index contributed by atoms with van der Waals surface area (Å²) in [6, 6.07) is 10.8. The van der Waals surface area contributed by atoms with E-state index in [4.69, 9.17) is 0 Å². The minimum atomic E-state index is -3.03. The second-order valence-corrected chi connectivity index (χ2v) is 8.57. The van der Waals surface area contributed by atoms with Crippen molar-refractivity contribution in [3.05, 3.63) is 56.1 Å². The maximum absolute atomic E-state index is 13.5. The molecule has 1 aliphatic heterocycles. The summed E-state index contributed by atoms with van der Waals surface area (Å²) in [4.78, 5) is 25.5. The molecule has 0 saturated carbocycles. The first-order chi connectivity index (χ1) is 13.1. The second-order valence-electron chi connectivity index (χ2n) is 6.41. The number of hydrazone groups is 1. The van der Waals surface area contributed by atoms with E-state index in [0.717, 1.165) is 15.0 Å². The van der Waals surface area contributed by atoms with E-state index in [0.29, 0.717) is 11.4 Å². The number of carbonyl (C=O) groups excluding carboxylic acids is 2. The Hall–Kier alpha value is -1.88. The van der Waals surface area contributed by atoms with Gasteiger partial charge < -0.3 is 5.32 Å². The Balaban J connectivity index is 1.82. The van der Waals surface area contributed by atoms with Gasteiger partial charge in [0, 0.05) is 26.2 Å². The summed E-state index contributed by atoms with van der Waals surface area (Å²) < 4.78 is 28.7. The zero-order valence-electron chi connectivity index (χ0n) is 14.8. The fourth-order valence-corrected chi connectivity index (χ4v) is 4.36. The molecule has 0 spiro atoms. The first-order valence-corrected chi connectivity index (χ1v) is 10.1. The largest absolute Gasteiger partial charge is 0.325 e. The lowest BCUT2D eigenvalue weighted by Crippen LogP contribution is -2.36. The Morgan fingerprint density at radius 2 is 2.00 bits per heavy atom. The number of rotatable bonds is 4. The van der Waals surface area contributed by atoms with Gasteiger partial charge in [-0.05, 0) is 59.8 Å². The van der Waals surface area contributed by atoms with Crippen molar-refractivity contribution in [3.63, 3.8) is 0 Å². The van der Waals surface area contributed by atoms with Crippen molar-refractivity contribution in [2.75, 3.05) is 10.3 Å². The molecule has 0 aliphatic carbocycles. The van der Waals surface area contributed by atoms with Gasteiger partial charge >= 0.3 is 0 Å². The Labute approximate surface area is 182 Å². The van der Waals surface area contributed by atoms with Crippen LogP contribution in [-0.2, 0) is 15.5 Å². The highest BCUT2D eigenvalue weighted by atomic mass is 127. The van der Waals surface area contributed by atoms with E-state index in [9.17, 15) is 18.4 Å². The minimum Gasteiger partial charge on any atom is -0.325 e. The Morgan fingerprint density at radius 3 is 2.64 bits per heavy atom. The van der Waals surface area contributed by atoms with Crippen LogP contribution in [0.4, 0.5) is 20.2 Å². The molecule has 146 valence electrons. The monoisotopic (exact) mass is 561 g/mol. The minimum absolute atomic E-state index is 0.195. The third-order valence-corrected chi connectivity index (χ3v) is 5.20. The van der Waals surface area contributed by atoms with Crippen LogP contribution in [0.5, 0.6) is 0 Å². The smallest absolute Gasteiger partial charge is 0.270 e. The summed E-state index contributed by atoms with van der Waals surface area (Å²) in [6.07, 6.45) is 0.